The molecule has 0 fully saturated rings. The predicted octanol–water partition coefficient (Wildman–Crippen LogP) is 4.06. The molecule has 4 heterocycles. The van der Waals surface area contributed by atoms with E-state index in [1.54, 1.807) is 54.9 Å². The second kappa shape index (κ2) is 7.74. The van der Waals surface area contributed by atoms with Crippen molar-refractivity contribution in [2.75, 3.05) is 5.32 Å². The molecule has 28 heavy (non-hydrogen) atoms. The van der Waals surface area contributed by atoms with E-state index in [2.05, 4.69) is 30.6 Å². The summed E-state index contributed by atoms with van der Waals surface area (Å²) in [7, 11) is 0. The van der Waals surface area contributed by atoms with Gasteiger partial charge in [-0.2, -0.15) is 19.0 Å². The third-order valence-corrected chi connectivity index (χ3v) is 3.59. The molecule has 0 saturated carbocycles. The van der Waals surface area contributed by atoms with Gasteiger partial charge in [0.2, 0.25) is 0 Å². The summed E-state index contributed by atoms with van der Waals surface area (Å²) in [6.45, 7) is -2.80. The molecule has 0 aromatic carbocycles. The summed E-state index contributed by atoms with van der Waals surface area (Å²) >= 11 is 0. The molecule has 0 unspecified atom stereocenters. The van der Waals surface area contributed by atoms with Crippen molar-refractivity contribution in [3.63, 3.8) is 0 Å². The number of pyridine rings is 2. The van der Waals surface area contributed by atoms with Crippen LogP contribution in [0.3, 0.4) is 0 Å². The van der Waals surface area contributed by atoms with Gasteiger partial charge in [-0.05, 0) is 30.3 Å². The highest BCUT2D eigenvalue weighted by Gasteiger charge is 2.18. The third-order valence-electron chi connectivity index (χ3n) is 3.59. The SMILES string of the molecule is FC(F)n1cc(Oc2ccnc(Nc3cccnn3)c2)c(-c2ccccn2)n1. The van der Waals surface area contributed by atoms with Crippen LogP contribution in [0.25, 0.3) is 11.4 Å². The molecule has 0 amide bonds. The molecule has 0 aliphatic rings. The molecule has 10 heteroatoms. The molecule has 0 bridgehead atoms. The molecule has 1 N–H and O–H groups in total. The fourth-order valence-electron chi connectivity index (χ4n) is 2.40. The van der Waals surface area contributed by atoms with Crippen LogP contribution >= 0.6 is 0 Å². The molecule has 4 rings (SSSR count). The summed E-state index contributed by atoms with van der Waals surface area (Å²) in [5.41, 5.74) is 0.630. The van der Waals surface area contributed by atoms with E-state index in [1.807, 2.05) is 0 Å². The number of alkyl halides is 2. The second-order valence-corrected chi connectivity index (χ2v) is 5.53. The molecule has 0 aliphatic carbocycles. The average molecular weight is 381 g/mol. The minimum Gasteiger partial charge on any atom is -0.453 e. The lowest BCUT2D eigenvalue weighted by atomic mass is 10.2. The van der Waals surface area contributed by atoms with E-state index in [1.165, 1.54) is 6.20 Å². The third kappa shape index (κ3) is 3.90. The van der Waals surface area contributed by atoms with Gasteiger partial charge in [0.25, 0.3) is 0 Å². The maximum absolute atomic E-state index is 13.1. The van der Waals surface area contributed by atoms with Crippen molar-refractivity contribution < 1.29 is 13.5 Å². The van der Waals surface area contributed by atoms with Crippen LogP contribution in [-0.2, 0) is 0 Å². The van der Waals surface area contributed by atoms with Gasteiger partial charge in [-0.1, -0.05) is 6.07 Å². The Morgan fingerprint density at radius 3 is 2.64 bits per heavy atom. The van der Waals surface area contributed by atoms with Crippen LogP contribution in [0.2, 0.25) is 0 Å². The Hall–Kier alpha value is -3.95. The standard InChI is InChI=1S/C18H13F2N7O/c19-18(20)27-11-14(17(26-27)13-4-1-2-7-21-13)28-12-6-9-22-16(10-12)24-15-5-3-8-23-25-15/h1-11,18H,(H,22,24,25). The van der Waals surface area contributed by atoms with Crippen LogP contribution in [0.1, 0.15) is 6.55 Å². The Bertz CT molecular complexity index is 1060. The van der Waals surface area contributed by atoms with E-state index < -0.39 is 6.55 Å². The number of hydrogen-bond donors (Lipinski definition) is 1. The van der Waals surface area contributed by atoms with Crippen LogP contribution in [0.5, 0.6) is 11.5 Å². The van der Waals surface area contributed by atoms with E-state index in [9.17, 15) is 8.78 Å². The van der Waals surface area contributed by atoms with Crippen molar-refractivity contribution in [2.24, 2.45) is 0 Å². The lowest BCUT2D eigenvalue weighted by Gasteiger charge is -2.08. The van der Waals surface area contributed by atoms with Gasteiger partial charge in [0.05, 0.1) is 11.9 Å². The molecule has 0 atom stereocenters. The fourth-order valence-corrected chi connectivity index (χ4v) is 2.40. The highest BCUT2D eigenvalue weighted by Crippen LogP contribution is 2.33. The Morgan fingerprint density at radius 1 is 0.964 bits per heavy atom. The van der Waals surface area contributed by atoms with Gasteiger partial charge >= 0.3 is 6.55 Å². The lowest BCUT2D eigenvalue weighted by molar-refractivity contribution is 0.0566. The predicted molar refractivity (Wildman–Crippen MR) is 96.3 cm³/mol. The fraction of sp³-hybridized carbons (Fsp3) is 0.0556. The Kier molecular flexibility index (Phi) is 4.83. The summed E-state index contributed by atoms with van der Waals surface area (Å²) in [4.78, 5) is 8.33. The minimum atomic E-state index is -2.80. The van der Waals surface area contributed by atoms with Crippen molar-refractivity contribution in [3.8, 4) is 22.9 Å². The first-order valence-corrected chi connectivity index (χ1v) is 8.16. The van der Waals surface area contributed by atoms with Crippen molar-refractivity contribution in [1.29, 1.82) is 0 Å². The van der Waals surface area contributed by atoms with Crippen LogP contribution < -0.4 is 10.1 Å². The normalized spacial score (nSPS) is 10.8. The smallest absolute Gasteiger partial charge is 0.333 e. The van der Waals surface area contributed by atoms with Gasteiger partial charge in [0.1, 0.15) is 11.6 Å². The van der Waals surface area contributed by atoms with Gasteiger partial charge in [0.15, 0.2) is 17.3 Å². The number of halogens is 2. The Morgan fingerprint density at radius 2 is 1.89 bits per heavy atom. The van der Waals surface area contributed by atoms with Gasteiger partial charge < -0.3 is 10.1 Å². The number of nitrogens with zero attached hydrogens (tertiary/aromatic N) is 6. The summed E-state index contributed by atoms with van der Waals surface area (Å²) in [6.07, 6.45) is 5.75. The van der Waals surface area contributed by atoms with Crippen molar-refractivity contribution in [3.05, 3.63) is 67.3 Å². The van der Waals surface area contributed by atoms with Gasteiger partial charge in [0, 0.05) is 24.7 Å². The maximum Gasteiger partial charge on any atom is 0.333 e. The number of anilines is 2. The molecule has 8 nitrogen and oxygen atoms in total. The molecule has 4 aromatic heterocycles. The monoisotopic (exact) mass is 381 g/mol. The number of nitrogens with one attached hydrogen (secondary N) is 1. The number of aromatic nitrogens is 6. The van der Waals surface area contributed by atoms with Gasteiger partial charge in [-0.15, -0.1) is 5.10 Å². The summed E-state index contributed by atoms with van der Waals surface area (Å²) in [6, 6.07) is 11.8. The van der Waals surface area contributed by atoms with Crippen molar-refractivity contribution in [2.45, 2.75) is 6.55 Å². The summed E-state index contributed by atoms with van der Waals surface area (Å²) < 4.78 is 32.6. The van der Waals surface area contributed by atoms with Crippen LogP contribution in [-0.4, -0.2) is 29.9 Å². The zero-order chi connectivity index (χ0) is 19.3. The Labute approximate surface area is 157 Å². The van der Waals surface area contributed by atoms with Crippen molar-refractivity contribution in [1.82, 2.24) is 29.9 Å². The van der Waals surface area contributed by atoms with E-state index in [-0.39, 0.29) is 11.4 Å². The quantitative estimate of drug-likeness (QED) is 0.538. The first-order valence-electron chi connectivity index (χ1n) is 8.16. The first kappa shape index (κ1) is 17.5. The van der Waals surface area contributed by atoms with Gasteiger partial charge in [-0.3, -0.25) is 4.98 Å². The van der Waals surface area contributed by atoms with Crippen LogP contribution in [0.4, 0.5) is 20.4 Å². The summed E-state index contributed by atoms with van der Waals surface area (Å²) in [5.74, 6) is 1.49. The zero-order valence-electron chi connectivity index (χ0n) is 14.3. The molecular formula is C18H13F2N7O. The summed E-state index contributed by atoms with van der Waals surface area (Å²) in [5, 5.41) is 14.6. The first-order chi connectivity index (χ1) is 13.7. The van der Waals surface area contributed by atoms with Crippen LogP contribution in [0, 0.1) is 0 Å². The Balaban J connectivity index is 1.63. The molecule has 0 spiro atoms. The number of ether oxygens (including phenoxy) is 1. The van der Waals surface area contributed by atoms with Gasteiger partial charge in [-0.25, -0.2) is 9.67 Å². The number of rotatable bonds is 6. The highest BCUT2D eigenvalue weighted by atomic mass is 19.3. The topological polar surface area (TPSA) is 90.6 Å². The average Bonchev–Trinajstić information content (AvgIpc) is 3.14. The minimum absolute atomic E-state index is 0.149. The molecule has 4 aromatic rings. The molecular weight excluding hydrogens is 368 g/mol. The molecule has 0 aliphatic heterocycles. The second-order valence-electron chi connectivity index (χ2n) is 5.53. The molecule has 0 radical (unpaired) electrons. The van der Waals surface area contributed by atoms with E-state index in [0.717, 1.165) is 6.20 Å². The van der Waals surface area contributed by atoms with Crippen molar-refractivity contribution >= 4 is 11.6 Å². The van der Waals surface area contributed by atoms with E-state index >= 15 is 0 Å². The zero-order valence-corrected chi connectivity index (χ0v) is 14.3. The van der Waals surface area contributed by atoms with E-state index in [0.29, 0.717) is 27.8 Å². The van der Waals surface area contributed by atoms with Crippen LogP contribution in [0.15, 0.2) is 67.3 Å². The largest absolute Gasteiger partial charge is 0.453 e. The highest BCUT2D eigenvalue weighted by molar-refractivity contribution is 5.63. The number of hydrogen-bond acceptors (Lipinski definition) is 7. The molecule has 0 saturated heterocycles. The van der Waals surface area contributed by atoms with E-state index in [4.69, 9.17) is 4.74 Å². The molecule has 140 valence electrons. The lowest BCUT2D eigenvalue weighted by Crippen LogP contribution is -1.98. The maximum atomic E-state index is 13.1.